The smallest absolute Gasteiger partial charge is 0.320 e. The van der Waals surface area contributed by atoms with E-state index in [9.17, 15) is 0 Å². The van der Waals surface area contributed by atoms with Crippen LogP contribution in [-0.2, 0) is 24.7 Å². The van der Waals surface area contributed by atoms with Crippen LogP contribution in [0.3, 0.4) is 0 Å². The van der Waals surface area contributed by atoms with E-state index in [0.717, 1.165) is 150 Å². The van der Waals surface area contributed by atoms with Crippen molar-refractivity contribution >= 4 is 51.4 Å². The third kappa shape index (κ3) is 21.1. The molecule has 1 rings (SSSR count). The highest BCUT2D eigenvalue weighted by Gasteiger charge is 2.62. The first kappa shape index (κ1) is 59.1. The fourth-order valence-electron chi connectivity index (χ4n) is 9.49. The highest BCUT2D eigenvalue weighted by Crippen LogP contribution is 2.47. The van der Waals surface area contributed by atoms with Gasteiger partial charge in [-0.05, 0) is 72.5 Å². The molecule has 0 unspecified atom stereocenters. The molecule has 0 aliphatic carbocycles. The van der Waals surface area contributed by atoms with Crippen LogP contribution in [0.5, 0.6) is 0 Å². The van der Waals surface area contributed by atoms with Gasteiger partial charge in [-0.25, -0.2) is 0 Å². The Bertz CT molecular complexity index is 750. The molecule has 0 aromatic heterocycles. The van der Waals surface area contributed by atoms with Crippen molar-refractivity contribution in [2.24, 2.45) is 0 Å². The first-order chi connectivity index (χ1) is 29.0. The van der Waals surface area contributed by atoms with E-state index >= 15 is 0 Å². The Morgan fingerprint density at radius 2 is 0.250 bits per heavy atom. The van der Waals surface area contributed by atoms with Gasteiger partial charge in [0.05, 0.1) is 0 Å². The van der Waals surface area contributed by atoms with Gasteiger partial charge in [-0.3, -0.25) is 0 Å². The van der Waals surface area contributed by atoms with E-state index in [1.807, 2.05) is 0 Å². The molecule has 0 aromatic carbocycles. The molecule has 0 radical (unpaired) electrons. The van der Waals surface area contributed by atoms with E-state index in [0.29, 0.717) is 0 Å². The Hall–Kier alpha value is 1.06. The fraction of sp³-hybridized carbons (Fsp3) is 1.00. The lowest BCUT2D eigenvalue weighted by molar-refractivity contribution is 0.203. The maximum atomic E-state index is 8.53. The molecular weight excluding hydrogens is 841 g/mol. The Morgan fingerprint density at radius 3 is 0.317 bits per heavy atom. The molecule has 6 nitrogen and oxygen atoms in total. The van der Waals surface area contributed by atoms with Crippen LogP contribution < -0.4 is 0 Å². The van der Waals surface area contributed by atoms with Gasteiger partial charge in [-0.15, -0.1) is 0 Å². The zero-order valence-corrected chi connectivity index (χ0v) is 48.9. The average molecular weight is 950 g/mol. The van der Waals surface area contributed by atoms with Crippen molar-refractivity contribution in [3.8, 4) is 0 Å². The third-order valence-corrected chi connectivity index (χ3v) is 44.4. The number of hydrogen-bond acceptors (Lipinski definition) is 6. The van der Waals surface area contributed by atoms with E-state index in [4.69, 9.17) is 24.7 Å². The van der Waals surface area contributed by atoms with Gasteiger partial charge in [-0.2, -0.15) is 0 Å². The van der Waals surface area contributed by atoms with Gasteiger partial charge in [0, 0.05) is 0 Å². The lowest BCUT2D eigenvalue weighted by atomic mass is 10.4. The van der Waals surface area contributed by atoms with E-state index < -0.39 is 51.4 Å². The molecule has 1 heterocycles. The largest absolute Gasteiger partial charge is 0.415 e. The summed E-state index contributed by atoms with van der Waals surface area (Å²) < 4.78 is 51.2. The van der Waals surface area contributed by atoms with Crippen LogP contribution in [0.4, 0.5) is 0 Å². The van der Waals surface area contributed by atoms with Gasteiger partial charge in [0.25, 0.3) is 0 Å². The van der Waals surface area contributed by atoms with Gasteiger partial charge in [0.1, 0.15) is 0 Å². The summed E-state index contributed by atoms with van der Waals surface area (Å²) >= 11 is 0. The van der Waals surface area contributed by atoms with Crippen LogP contribution in [0.2, 0.25) is 72.5 Å². The minimum Gasteiger partial charge on any atom is -0.415 e. The van der Waals surface area contributed by atoms with Crippen molar-refractivity contribution in [3.05, 3.63) is 0 Å². The Labute approximate surface area is 383 Å². The summed E-state index contributed by atoms with van der Waals surface area (Å²) in [6, 6.07) is 12.8. The molecule has 0 aromatic rings. The van der Waals surface area contributed by atoms with Gasteiger partial charge in [-0.1, -0.05) is 237 Å². The number of rotatable bonds is 36. The lowest BCUT2D eigenvalue weighted by Gasteiger charge is -2.54. The first-order valence-electron chi connectivity index (χ1n) is 27.2. The monoisotopic (exact) mass is 949 g/mol. The van der Waals surface area contributed by atoms with Crippen LogP contribution in [0, 0.1) is 0 Å². The quantitative estimate of drug-likeness (QED) is 0.0583. The van der Waals surface area contributed by atoms with Crippen molar-refractivity contribution in [3.63, 3.8) is 0 Å². The topological polar surface area (TPSA) is 55.4 Å². The van der Waals surface area contributed by atoms with Crippen molar-refractivity contribution in [1.82, 2.24) is 0 Å². The van der Waals surface area contributed by atoms with E-state index in [1.54, 1.807) is 0 Å². The van der Waals surface area contributed by atoms with Crippen LogP contribution in [-0.4, -0.2) is 51.4 Å². The summed E-state index contributed by atoms with van der Waals surface area (Å²) in [5, 5.41) is 0. The number of hydrogen-bond donors (Lipinski definition) is 0. The minimum atomic E-state index is -2.88. The van der Waals surface area contributed by atoms with Crippen LogP contribution in [0.25, 0.3) is 0 Å². The SMILES string of the molecule is CCCC[Si]1(CCCC)O[Si](CCCC)(CCCC)O[Si](CCCC)(CCCC)O[Si](CCCC)(CCCC)O[Si](CCCC)(CCCC)O[Si](CCCC)(CCCC)O1. The van der Waals surface area contributed by atoms with Gasteiger partial charge >= 0.3 is 51.4 Å². The van der Waals surface area contributed by atoms with Gasteiger partial charge in [0.2, 0.25) is 0 Å². The molecule has 0 spiro atoms. The molecule has 1 fully saturated rings. The van der Waals surface area contributed by atoms with Crippen molar-refractivity contribution in [2.75, 3.05) is 0 Å². The predicted octanol–water partition coefficient (Wildman–Crippen LogP) is 18.4. The third-order valence-electron chi connectivity index (χ3n) is 13.2. The second-order valence-electron chi connectivity index (χ2n) is 19.3. The van der Waals surface area contributed by atoms with Crippen LogP contribution in [0.1, 0.15) is 237 Å². The second kappa shape index (κ2) is 33.5. The second-order valence-corrected chi connectivity index (χ2v) is 41.1. The summed E-state index contributed by atoms with van der Waals surface area (Å²) in [6.07, 6.45) is 27.9. The minimum absolute atomic E-state index is 1.07. The standard InChI is InChI=1S/C48H108O6Si6/c1-13-25-37-55(38-26-14-2)49-56(39-27-15-3,40-28-16-4)51-58(43-31-19-7,44-32-20-8)53-60(47-35-23-11,48-36-24-12)54-59(45-33-21-9,46-34-22-10)52-57(50-55,41-29-17-5)42-30-18-6/h13-48H2,1-12H3. The molecule has 60 heavy (non-hydrogen) atoms. The van der Waals surface area contributed by atoms with E-state index in [2.05, 4.69) is 83.1 Å². The molecule has 12 heteroatoms. The molecule has 0 N–H and O–H groups in total. The fourth-order valence-corrected chi connectivity index (χ4v) is 51.0. The normalized spacial score (nSPS) is 19.8. The van der Waals surface area contributed by atoms with Gasteiger partial charge in [0.15, 0.2) is 0 Å². The van der Waals surface area contributed by atoms with Crippen molar-refractivity contribution in [1.29, 1.82) is 0 Å². The number of unbranched alkanes of at least 4 members (excludes halogenated alkanes) is 12. The van der Waals surface area contributed by atoms with Crippen molar-refractivity contribution in [2.45, 2.75) is 310 Å². The molecule has 1 aliphatic rings. The van der Waals surface area contributed by atoms with Crippen LogP contribution >= 0.6 is 0 Å². The molecule has 1 saturated heterocycles. The first-order valence-corrected chi connectivity index (χ1v) is 40.6. The molecule has 1 aliphatic heterocycles. The maximum Gasteiger partial charge on any atom is 0.320 e. The Kier molecular flexibility index (Phi) is 33.0. The highest BCUT2D eigenvalue weighted by molar-refractivity contribution is 6.95. The highest BCUT2D eigenvalue weighted by atomic mass is 28.5. The molecule has 0 bridgehead atoms. The zero-order chi connectivity index (χ0) is 44.7. The average Bonchev–Trinajstić information content (AvgIpc) is 3.25. The van der Waals surface area contributed by atoms with Crippen molar-refractivity contribution < 1.29 is 24.7 Å². The predicted molar refractivity (Wildman–Crippen MR) is 278 cm³/mol. The molecule has 0 saturated carbocycles. The molecule has 360 valence electrons. The summed E-state index contributed by atoms with van der Waals surface area (Å²) in [6.45, 7) is 28.5. The van der Waals surface area contributed by atoms with Gasteiger partial charge < -0.3 is 24.7 Å². The summed E-state index contributed by atoms with van der Waals surface area (Å²) in [4.78, 5) is 0. The summed E-state index contributed by atoms with van der Waals surface area (Å²) in [7, 11) is -17.3. The van der Waals surface area contributed by atoms with Crippen LogP contribution in [0.15, 0.2) is 0 Å². The Morgan fingerprint density at radius 1 is 0.167 bits per heavy atom. The molecule has 0 atom stereocenters. The summed E-state index contributed by atoms with van der Waals surface area (Å²) in [5.74, 6) is 0. The van der Waals surface area contributed by atoms with E-state index in [1.165, 1.54) is 77.0 Å². The maximum absolute atomic E-state index is 8.53. The lowest BCUT2D eigenvalue weighted by Crippen LogP contribution is -2.70. The Balaban J connectivity index is 4.83. The zero-order valence-electron chi connectivity index (χ0n) is 42.9. The summed E-state index contributed by atoms with van der Waals surface area (Å²) in [5.41, 5.74) is 0. The molecule has 0 amide bonds. The van der Waals surface area contributed by atoms with E-state index in [-0.39, 0.29) is 0 Å². The molecular formula is C48H108O6Si6.